The zero-order valence-electron chi connectivity index (χ0n) is 19.2. The topological polar surface area (TPSA) is 18.5 Å². The third kappa shape index (κ3) is 8.63. The predicted octanol–water partition coefficient (Wildman–Crippen LogP) is 8.28. The second kappa shape index (κ2) is 14.9. The number of aryl methyl sites for hydroxylation is 1. The lowest BCUT2D eigenvalue weighted by Crippen LogP contribution is -2.27. The fraction of sp³-hybridized carbons (Fsp3) is 0.769. The minimum Gasteiger partial charge on any atom is -0.348 e. The lowest BCUT2D eigenvalue weighted by atomic mass is 10.00. The number of hydrogen-bond donors (Lipinski definition) is 0. The Morgan fingerprint density at radius 2 is 1.30 bits per heavy atom. The molecular formula is C26H42F2O2. The van der Waals surface area contributed by atoms with Gasteiger partial charge in [-0.1, -0.05) is 96.6 Å². The highest BCUT2D eigenvalue weighted by Crippen LogP contribution is 2.31. The molecule has 0 unspecified atom stereocenters. The molecule has 0 aromatic heterocycles. The van der Waals surface area contributed by atoms with Gasteiger partial charge in [-0.15, -0.1) is 0 Å². The Hall–Kier alpha value is -1.00. The molecule has 1 heterocycles. The molecule has 1 aromatic rings. The largest absolute Gasteiger partial charge is 0.348 e. The van der Waals surface area contributed by atoms with E-state index in [2.05, 4.69) is 13.8 Å². The van der Waals surface area contributed by atoms with Crippen LogP contribution in [0.4, 0.5) is 8.78 Å². The molecular weight excluding hydrogens is 382 g/mol. The highest BCUT2D eigenvalue weighted by atomic mass is 19.2. The SMILES string of the molecule is CCCCCCCCCC1COC(c2ccc(CCCCCCC)c(F)c2F)OC1. The Morgan fingerprint density at radius 1 is 0.733 bits per heavy atom. The minimum atomic E-state index is -0.809. The van der Waals surface area contributed by atoms with Crippen molar-refractivity contribution in [3.63, 3.8) is 0 Å². The number of rotatable bonds is 15. The van der Waals surface area contributed by atoms with Crippen molar-refractivity contribution in [3.05, 3.63) is 34.9 Å². The summed E-state index contributed by atoms with van der Waals surface area (Å²) in [5.74, 6) is -1.19. The van der Waals surface area contributed by atoms with E-state index in [4.69, 9.17) is 9.47 Å². The average molecular weight is 425 g/mol. The summed E-state index contributed by atoms with van der Waals surface area (Å²) in [7, 11) is 0. The lowest BCUT2D eigenvalue weighted by Gasteiger charge is -2.30. The summed E-state index contributed by atoms with van der Waals surface area (Å²) in [4.78, 5) is 0. The second-order valence-corrected chi connectivity index (χ2v) is 8.88. The molecule has 0 spiro atoms. The Balaban J connectivity index is 1.71. The van der Waals surface area contributed by atoms with Gasteiger partial charge in [0.05, 0.1) is 13.2 Å². The van der Waals surface area contributed by atoms with E-state index >= 15 is 0 Å². The van der Waals surface area contributed by atoms with Gasteiger partial charge in [-0.2, -0.15) is 0 Å². The van der Waals surface area contributed by atoms with Crippen LogP contribution in [0.3, 0.4) is 0 Å². The molecule has 0 bridgehead atoms. The van der Waals surface area contributed by atoms with Crippen LogP contribution in [0.15, 0.2) is 12.1 Å². The van der Waals surface area contributed by atoms with E-state index in [1.807, 2.05) is 0 Å². The molecule has 1 saturated heterocycles. The quantitative estimate of drug-likeness (QED) is 0.264. The molecule has 0 atom stereocenters. The van der Waals surface area contributed by atoms with Crippen LogP contribution in [0.2, 0.25) is 0 Å². The van der Waals surface area contributed by atoms with Crippen LogP contribution < -0.4 is 0 Å². The molecule has 1 fully saturated rings. The van der Waals surface area contributed by atoms with Crippen molar-refractivity contribution < 1.29 is 18.3 Å². The number of benzene rings is 1. The van der Waals surface area contributed by atoms with E-state index in [0.29, 0.717) is 31.1 Å². The van der Waals surface area contributed by atoms with Gasteiger partial charge in [0, 0.05) is 11.5 Å². The van der Waals surface area contributed by atoms with Crippen molar-refractivity contribution in [2.75, 3.05) is 13.2 Å². The van der Waals surface area contributed by atoms with E-state index in [1.165, 1.54) is 57.8 Å². The van der Waals surface area contributed by atoms with Crippen molar-refractivity contribution in [1.29, 1.82) is 0 Å². The van der Waals surface area contributed by atoms with Crippen LogP contribution >= 0.6 is 0 Å². The number of ether oxygens (including phenoxy) is 2. The molecule has 4 heteroatoms. The maximum atomic E-state index is 14.6. The van der Waals surface area contributed by atoms with Gasteiger partial charge in [0.2, 0.25) is 0 Å². The zero-order chi connectivity index (χ0) is 21.6. The Bertz CT molecular complexity index is 583. The number of halogens is 2. The molecule has 172 valence electrons. The molecule has 0 saturated carbocycles. The van der Waals surface area contributed by atoms with Crippen molar-refractivity contribution in [2.45, 2.75) is 110 Å². The van der Waals surface area contributed by atoms with Gasteiger partial charge in [0.25, 0.3) is 0 Å². The maximum Gasteiger partial charge on any atom is 0.186 e. The van der Waals surface area contributed by atoms with Gasteiger partial charge in [0.1, 0.15) is 0 Å². The number of hydrogen-bond acceptors (Lipinski definition) is 2. The molecule has 1 aliphatic rings. The van der Waals surface area contributed by atoms with Crippen molar-refractivity contribution in [1.82, 2.24) is 0 Å². The van der Waals surface area contributed by atoms with E-state index < -0.39 is 17.9 Å². The summed E-state index contributed by atoms with van der Waals surface area (Å²) in [5, 5.41) is 0. The van der Waals surface area contributed by atoms with Crippen molar-refractivity contribution >= 4 is 0 Å². The van der Waals surface area contributed by atoms with Gasteiger partial charge in [-0.3, -0.25) is 0 Å². The molecule has 0 radical (unpaired) electrons. The zero-order valence-corrected chi connectivity index (χ0v) is 19.2. The summed E-state index contributed by atoms with van der Waals surface area (Å²) in [6.45, 7) is 5.52. The first-order chi connectivity index (χ1) is 14.7. The summed E-state index contributed by atoms with van der Waals surface area (Å²) in [6.07, 6.45) is 15.4. The summed E-state index contributed by atoms with van der Waals surface area (Å²) >= 11 is 0. The fourth-order valence-electron chi connectivity index (χ4n) is 4.18. The first kappa shape index (κ1) is 25.3. The van der Waals surface area contributed by atoms with Crippen LogP contribution in [-0.2, 0) is 15.9 Å². The third-order valence-corrected chi connectivity index (χ3v) is 6.18. The summed E-state index contributed by atoms with van der Waals surface area (Å²) in [5.41, 5.74) is 0.650. The van der Waals surface area contributed by atoms with Crippen LogP contribution in [-0.4, -0.2) is 13.2 Å². The molecule has 1 aromatic carbocycles. The molecule has 2 nitrogen and oxygen atoms in total. The second-order valence-electron chi connectivity index (χ2n) is 8.88. The van der Waals surface area contributed by atoms with Gasteiger partial charge in [-0.25, -0.2) is 8.78 Å². The fourth-order valence-corrected chi connectivity index (χ4v) is 4.18. The molecule has 0 aliphatic carbocycles. The average Bonchev–Trinajstić information content (AvgIpc) is 2.76. The highest BCUT2D eigenvalue weighted by Gasteiger charge is 2.27. The molecule has 0 N–H and O–H groups in total. The molecule has 0 amide bonds. The molecule has 30 heavy (non-hydrogen) atoms. The lowest BCUT2D eigenvalue weighted by molar-refractivity contribution is -0.207. The van der Waals surface area contributed by atoms with E-state index in [-0.39, 0.29) is 5.56 Å². The Morgan fingerprint density at radius 3 is 1.93 bits per heavy atom. The van der Waals surface area contributed by atoms with Gasteiger partial charge in [0.15, 0.2) is 17.9 Å². The summed E-state index contributed by atoms with van der Waals surface area (Å²) in [6, 6.07) is 3.34. The van der Waals surface area contributed by atoms with E-state index in [1.54, 1.807) is 12.1 Å². The number of unbranched alkanes of at least 4 members (excludes halogenated alkanes) is 10. The van der Waals surface area contributed by atoms with E-state index in [9.17, 15) is 8.78 Å². The van der Waals surface area contributed by atoms with Gasteiger partial charge in [-0.05, 0) is 24.8 Å². The predicted molar refractivity (Wildman–Crippen MR) is 120 cm³/mol. The normalized spacial score (nSPS) is 19.3. The highest BCUT2D eigenvalue weighted by molar-refractivity contribution is 5.27. The first-order valence-electron chi connectivity index (χ1n) is 12.4. The Labute approximate surface area is 182 Å². The monoisotopic (exact) mass is 424 g/mol. The third-order valence-electron chi connectivity index (χ3n) is 6.18. The molecule has 2 rings (SSSR count). The standard InChI is InChI=1S/C26H42F2O2/c1-3-5-7-9-10-12-13-15-21-19-29-26(30-20-21)23-18-17-22(24(27)25(23)28)16-14-11-8-6-4-2/h17-18,21,26H,3-16,19-20H2,1-2H3. The van der Waals surface area contributed by atoms with Crippen molar-refractivity contribution in [3.8, 4) is 0 Å². The van der Waals surface area contributed by atoms with Crippen LogP contribution in [0.1, 0.15) is 115 Å². The van der Waals surface area contributed by atoms with E-state index in [0.717, 1.165) is 25.7 Å². The van der Waals surface area contributed by atoms with Crippen LogP contribution in [0, 0.1) is 17.6 Å². The first-order valence-corrected chi connectivity index (χ1v) is 12.4. The van der Waals surface area contributed by atoms with Gasteiger partial charge < -0.3 is 9.47 Å². The maximum absolute atomic E-state index is 14.6. The Kier molecular flexibility index (Phi) is 12.6. The smallest absolute Gasteiger partial charge is 0.186 e. The summed E-state index contributed by atoms with van der Waals surface area (Å²) < 4.78 is 40.6. The molecule has 1 aliphatic heterocycles. The van der Waals surface area contributed by atoms with Crippen LogP contribution in [0.25, 0.3) is 0 Å². The van der Waals surface area contributed by atoms with Crippen molar-refractivity contribution in [2.24, 2.45) is 5.92 Å². The minimum absolute atomic E-state index is 0.191. The van der Waals surface area contributed by atoms with Gasteiger partial charge >= 0.3 is 0 Å². The van der Waals surface area contributed by atoms with Crippen LogP contribution in [0.5, 0.6) is 0 Å².